The van der Waals surface area contributed by atoms with Gasteiger partial charge in [-0.2, -0.15) is 0 Å². The van der Waals surface area contributed by atoms with Crippen molar-refractivity contribution in [1.82, 2.24) is 4.90 Å². The smallest absolute Gasteiger partial charge is 0.225 e. The van der Waals surface area contributed by atoms with Crippen LogP contribution in [0.4, 0.5) is 0 Å². The van der Waals surface area contributed by atoms with Gasteiger partial charge in [-0.3, -0.25) is 4.79 Å². The summed E-state index contributed by atoms with van der Waals surface area (Å²) in [6.07, 6.45) is 0.849. The summed E-state index contributed by atoms with van der Waals surface area (Å²) in [5, 5.41) is 0. The lowest BCUT2D eigenvalue weighted by molar-refractivity contribution is -0.135. The minimum atomic E-state index is 0.0460. The van der Waals surface area contributed by atoms with E-state index in [1.54, 1.807) is 7.11 Å². The number of nitrogens with two attached hydrogens (primary N) is 1. The number of nitrogens with zero attached hydrogens (tertiary/aromatic N) is 1. The van der Waals surface area contributed by atoms with Crippen LogP contribution in [-0.2, 0) is 9.53 Å². The molecule has 14 heavy (non-hydrogen) atoms. The van der Waals surface area contributed by atoms with E-state index in [1.165, 1.54) is 0 Å². The average molecular weight is 202 g/mol. The average Bonchev–Trinajstić information content (AvgIpc) is 2.17. The van der Waals surface area contributed by atoms with Gasteiger partial charge in [0.1, 0.15) is 0 Å². The Morgan fingerprint density at radius 1 is 1.43 bits per heavy atom. The fourth-order valence-electron chi connectivity index (χ4n) is 1.18. The third-order valence-electron chi connectivity index (χ3n) is 2.00. The second kappa shape index (κ2) is 7.76. The molecule has 0 rings (SSSR count). The van der Waals surface area contributed by atoms with Crippen LogP contribution < -0.4 is 5.73 Å². The van der Waals surface area contributed by atoms with E-state index in [4.69, 9.17) is 10.5 Å². The van der Waals surface area contributed by atoms with Gasteiger partial charge in [0, 0.05) is 26.1 Å². The van der Waals surface area contributed by atoms with Gasteiger partial charge in [0.15, 0.2) is 0 Å². The predicted molar refractivity (Wildman–Crippen MR) is 57.0 cm³/mol. The van der Waals surface area contributed by atoms with Crippen molar-refractivity contribution in [2.75, 3.05) is 33.4 Å². The number of hydrogen-bond donors (Lipinski definition) is 1. The lowest BCUT2D eigenvalue weighted by Gasteiger charge is -2.23. The molecule has 4 heteroatoms. The minimum Gasteiger partial charge on any atom is -0.383 e. The van der Waals surface area contributed by atoms with E-state index in [0.717, 1.165) is 13.0 Å². The van der Waals surface area contributed by atoms with E-state index in [2.05, 4.69) is 0 Å². The molecule has 84 valence electrons. The lowest BCUT2D eigenvalue weighted by Crippen LogP contribution is -2.38. The molecule has 0 saturated carbocycles. The van der Waals surface area contributed by atoms with Crippen molar-refractivity contribution in [3.05, 3.63) is 0 Å². The van der Waals surface area contributed by atoms with Gasteiger partial charge in [-0.15, -0.1) is 0 Å². The first kappa shape index (κ1) is 13.4. The number of carbonyl (C=O) groups excluding carboxylic acids is 1. The summed E-state index contributed by atoms with van der Waals surface area (Å²) < 4.78 is 4.96. The van der Waals surface area contributed by atoms with Crippen molar-refractivity contribution in [1.29, 1.82) is 0 Å². The van der Waals surface area contributed by atoms with Gasteiger partial charge in [0.2, 0.25) is 5.91 Å². The molecule has 0 aliphatic carbocycles. The number of hydrogen-bond acceptors (Lipinski definition) is 3. The molecule has 0 aliphatic heterocycles. The summed E-state index contributed by atoms with van der Waals surface area (Å²) in [6.45, 7) is 6.41. The van der Waals surface area contributed by atoms with Gasteiger partial charge in [-0.05, 0) is 13.0 Å². The number of methoxy groups -OCH3 is 1. The molecule has 0 saturated heterocycles. The van der Waals surface area contributed by atoms with Crippen LogP contribution in [0.25, 0.3) is 0 Å². The van der Waals surface area contributed by atoms with Crippen molar-refractivity contribution < 1.29 is 9.53 Å². The van der Waals surface area contributed by atoms with Gasteiger partial charge >= 0.3 is 0 Å². The molecule has 0 aromatic heterocycles. The van der Waals surface area contributed by atoms with E-state index in [0.29, 0.717) is 19.7 Å². The Bertz CT molecular complexity index is 152. The van der Waals surface area contributed by atoms with E-state index < -0.39 is 0 Å². The Balaban J connectivity index is 4.01. The van der Waals surface area contributed by atoms with Crippen LogP contribution in [0.3, 0.4) is 0 Å². The molecule has 0 aromatic carbocycles. The molecule has 1 amide bonds. The molecule has 0 aromatic rings. The van der Waals surface area contributed by atoms with Crippen LogP contribution in [0, 0.1) is 5.92 Å². The monoisotopic (exact) mass is 202 g/mol. The molecule has 0 unspecified atom stereocenters. The first-order chi connectivity index (χ1) is 6.63. The first-order valence-electron chi connectivity index (χ1n) is 5.11. The predicted octanol–water partition coefficient (Wildman–Crippen LogP) is 0.466. The zero-order valence-corrected chi connectivity index (χ0v) is 9.45. The maximum atomic E-state index is 11.7. The summed E-state index contributed by atoms with van der Waals surface area (Å²) in [5.41, 5.74) is 5.41. The molecule has 0 aliphatic rings. The molecular weight excluding hydrogens is 180 g/mol. The highest BCUT2D eigenvalue weighted by molar-refractivity contribution is 5.78. The van der Waals surface area contributed by atoms with E-state index in [-0.39, 0.29) is 11.8 Å². The van der Waals surface area contributed by atoms with Crippen LogP contribution >= 0.6 is 0 Å². The standard InChI is InChI=1S/C10H22N2O2/c1-9(2)10(13)12(6-4-5-11)7-8-14-3/h9H,4-8,11H2,1-3H3. The van der Waals surface area contributed by atoms with Crippen LogP contribution in [0.5, 0.6) is 0 Å². The summed E-state index contributed by atoms with van der Waals surface area (Å²) in [5.74, 6) is 0.222. The quantitative estimate of drug-likeness (QED) is 0.653. The molecule has 4 nitrogen and oxygen atoms in total. The van der Waals surface area contributed by atoms with Crippen molar-refractivity contribution in [3.8, 4) is 0 Å². The highest BCUT2D eigenvalue weighted by Crippen LogP contribution is 2.02. The SMILES string of the molecule is COCCN(CCCN)C(=O)C(C)C. The highest BCUT2D eigenvalue weighted by atomic mass is 16.5. The van der Waals surface area contributed by atoms with Gasteiger partial charge in [-0.1, -0.05) is 13.8 Å². The second-order valence-electron chi connectivity index (χ2n) is 3.62. The Hall–Kier alpha value is -0.610. The molecule has 0 radical (unpaired) electrons. The minimum absolute atomic E-state index is 0.0460. The maximum absolute atomic E-state index is 11.7. The maximum Gasteiger partial charge on any atom is 0.225 e. The molecular formula is C10H22N2O2. The van der Waals surface area contributed by atoms with Crippen LogP contribution in [-0.4, -0.2) is 44.2 Å². The number of amides is 1. The van der Waals surface area contributed by atoms with Crippen molar-refractivity contribution >= 4 is 5.91 Å². The summed E-state index contributed by atoms with van der Waals surface area (Å²) >= 11 is 0. The molecule has 0 spiro atoms. The number of ether oxygens (including phenoxy) is 1. The summed E-state index contributed by atoms with van der Waals surface area (Å²) in [6, 6.07) is 0. The second-order valence-corrected chi connectivity index (χ2v) is 3.62. The Morgan fingerprint density at radius 2 is 2.07 bits per heavy atom. The number of rotatable bonds is 7. The molecule has 0 heterocycles. The largest absolute Gasteiger partial charge is 0.383 e. The fraction of sp³-hybridized carbons (Fsp3) is 0.900. The van der Waals surface area contributed by atoms with Gasteiger partial charge in [0.05, 0.1) is 6.61 Å². The zero-order chi connectivity index (χ0) is 11.0. The molecule has 0 fully saturated rings. The zero-order valence-electron chi connectivity index (χ0n) is 9.45. The van der Waals surface area contributed by atoms with Crippen molar-refractivity contribution in [2.45, 2.75) is 20.3 Å². The van der Waals surface area contributed by atoms with Crippen LogP contribution in [0.2, 0.25) is 0 Å². The first-order valence-corrected chi connectivity index (χ1v) is 5.11. The van der Waals surface area contributed by atoms with Crippen LogP contribution in [0.15, 0.2) is 0 Å². The molecule has 2 N–H and O–H groups in total. The highest BCUT2D eigenvalue weighted by Gasteiger charge is 2.15. The number of carbonyl (C=O) groups is 1. The van der Waals surface area contributed by atoms with Gasteiger partial charge in [-0.25, -0.2) is 0 Å². The Kier molecular flexibility index (Phi) is 7.42. The summed E-state index contributed by atoms with van der Waals surface area (Å²) in [4.78, 5) is 13.5. The van der Waals surface area contributed by atoms with E-state index in [1.807, 2.05) is 18.7 Å². The van der Waals surface area contributed by atoms with E-state index >= 15 is 0 Å². The van der Waals surface area contributed by atoms with E-state index in [9.17, 15) is 4.79 Å². The Labute approximate surface area is 86.4 Å². The van der Waals surface area contributed by atoms with Gasteiger partial charge in [0.25, 0.3) is 0 Å². The third kappa shape index (κ3) is 5.19. The summed E-state index contributed by atoms with van der Waals surface area (Å²) in [7, 11) is 1.64. The third-order valence-corrected chi connectivity index (χ3v) is 2.00. The molecule has 0 bridgehead atoms. The van der Waals surface area contributed by atoms with Gasteiger partial charge < -0.3 is 15.4 Å². The van der Waals surface area contributed by atoms with Crippen LogP contribution in [0.1, 0.15) is 20.3 Å². The molecule has 0 atom stereocenters. The Morgan fingerprint density at radius 3 is 2.50 bits per heavy atom. The van der Waals surface area contributed by atoms with Crippen molar-refractivity contribution in [3.63, 3.8) is 0 Å². The lowest BCUT2D eigenvalue weighted by atomic mass is 10.2. The fourth-order valence-corrected chi connectivity index (χ4v) is 1.18. The topological polar surface area (TPSA) is 55.6 Å². The van der Waals surface area contributed by atoms with Crippen molar-refractivity contribution in [2.24, 2.45) is 11.7 Å². The normalized spacial score (nSPS) is 10.6.